The number of carbonyl (C=O) groups excluding carboxylic acids is 1. The van der Waals surface area contributed by atoms with Gasteiger partial charge in [-0.05, 0) is 23.8 Å². The van der Waals surface area contributed by atoms with E-state index in [0.29, 0.717) is 11.1 Å². The van der Waals surface area contributed by atoms with Crippen LogP contribution < -0.4 is 5.32 Å². The van der Waals surface area contributed by atoms with E-state index in [1.165, 1.54) is 30.5 Å². The number of amides is 1. The number of aliphatic carboxylic acids is 1. The minimum Gasteiger partial charge on any atom is -0.505 e. The lowest BCUT2D eigenvalue weighted by Crippen LogP contribution is -2.41. The van der Waals surface area contributed by atoms with Crippen LogP contribution in [0, 0.1) is 5.82 Å². The lowest BCUT2D eigenvalue weighted by Gasteiger charge is -2.11. The van der Waals surface area contributed by atoms with Gasteiger partial charge in [0.2, 0.25) is 0 Å². The maximum absolute atomic E-state index is 13.2. The standard InChI is InChI=1S/C14H10BFN2O4/c15-12(14(21)22)18-13(20)11-10(19)5-8(6-17-11)7-2-1-3-9(16)4-7/h1-6,12,19H,(H,18,20)(H,21,22). The van der Waals surface area contributed by atoms with Crippen LogP contribution in [0.4, 0.5) is 4.39 Å². The topological polar surface area (TPSA) is 99.5 Å². The molecule has 1 unspecified atom stereocenters. The summed E-state index contributed by atoms with van der Waals surface area (Å²) in [5.74, 6) is -4.90. The summed E-state index contributed by atoms with van der Waals surface area (Å²) in [4.78, 5) is 26.1. The van der Waals surface area contributed by atoms with Crippen LogP contribution in [0.5, 0.6) is 5.75 Å². The van der Waals surface area contributed by atoms with Crippen LogP contribution >= 0.6 is 0 Å². The van der Waals surface area contributed by atoms with Gasteiger partial charge in [0, 0.05) is 11.8 Å². The molecule has 2 aromatic rings. The van der Waals surface area contributed by atoms with Gasteiger partial charge in [0.1, 0.15) is 19.4 Å². The Hall–Kier alpha value is -2.90. The molecule has 22 heavy (non-hydrogen) atoms. The Balaban J connectivity index is 2.27. The smallest absolute Gasteiger partial charge is 0.316 e. The Morgan fingerprint density at radius 2 is 2.00 bits per heavy atom. The highest BCUT2D eigenvalue weighted by molar-refractivity contribution is 6.24. The van der Waals surface area contributed by atoms with Gasteiger partial charge in [0.05, 0.1) is 5.94 Å². The fraction of sp³-hybridized carbons (Fsp3) is 0.0714. The van der Waals surface area contributed by atoms with Crippen LogP contribution in [0.25, 0.3) is 11.1 Å². The van der Waals surface area contributed by atoms with Crippen molar-refractivity contribution in [3.05, 3.63) is 48.0 Å². The van der Waals surface area contributed by atoms with Crippen molar-refractivity contribution in [2.45, 2.75) is 5.94 Å². The van der Waals surface area contributed by atoms with Crippen LogP contribution in [0.15, 0.2) is 36.5 Å². The Bertz CT molecular complexity index is 739. The predicted octanol–water partition coefficient (Wildman–Crippen LogP) is 0.902. The molecular weight excluding hydrogens is 290 g/mol. The van der Waals surface area contributed by atoms with Crippen molar-refractivity contribution in [1.82, 2.24) is 10.3 Å². The van der Waals surface area contributed by atoms with Gasteiger partial charge in [-0.15, -0.1) is 0 Å². The second kappa shape index (κ2) is 6.25. The van der Waals surface area contributed by atoms with Crippen LogP contribution in [-0.2, 0) is 4.79 Å². The number of hydrogen-bond acceptors (Lipinski definition) is 4. The first-order valence-corrected chi connectivity index (χ1v) is 6.12. The van der Waals surface area contributed by atoms with Crippen LogP contribution in [-0.4, -0.2) is 40.9 Å². The van der Waals surface area contributed by atoms with Gasteiger partial charge in [-0.2, -0.15) is 0 Å². The molecule has 0 fully saturated rings. The molecule has 1 aromatic heterocycles. The maximum Gasteiger partial charge on any atom is 0.316 e. The first-order chi connectivity index (χ1) is 10.4. The van der Waals surface area contributed by atoms with E-state index < -0.39 is 29.4 Å². The fourth-order valence-electron chi connectivity index (χ4n) is 1.73. The molecule has 3 N–H and O–H groups in total. The molecule has 2 radical (unpaired) electrons. The molecule has 2 rings (SSSR count). The summed E-state index contributed by atoms with van der Waals surface area (Å²) in [5, 5.41) is 20.4. The van der Waals surface area contributed by atoms with Gasteiger partial charge in [-0.3, -0.25) is 9.59 Å². The second-order valence-electron chi connectivity index (χ2n) is 4.39. The SMILES string of the molecule is [B]C(NC(=O)c1ncc(-c2cccc(F)c2)cc1O)C(=O)O. The average Bonchev–Trinajstić information content (AvgIpc) is 2.46. The summed E-state index contributed by atoms with van der Waals surface area (Å²) >= 11 is 0. The van der Waals surface area contributed by atoms with E-state index in [2.05, 4.69) is 4.98 Å². The van der Waals surface area contributed by atoms with Crippen molar-refractivity contribution < 1.29 is 24.2 Å². The van der Waals surface area contributed by atoms with Crippen molar-refractivity contribution in [2.24, 2.45) is 0 Å². The summed E-state index contributed by atoms with van der Waals surface area (Å²) in [5.41, 5.74) is 0.491. The van der Waals surface area contributed by atoms with Gasteiger partial charge >= 0.3 is 5.97 Å². The molecule has 1 atom stereocenters. The van der Waals surface area contributed by atoms with E-state index >= 15 is 0 Å². The molecule has 0 saturated carbocycles. The van der Waals surface area contributed by atoms with E-state index in [9.17, 15) is 19.1 Å². The Morgan fingerprint density at radius 3 is 2.59 bits per heavy atom. The lowest BCUT2D eigenvalue weighted by molar-refractivity contribution is -0.137. The zero-order valence-electron chi connectivity index (χ0n) is 11.2. The molecule has 0 aliphatic carbocycles. The highest BCUT2D eigenvalue weighted by atomic mass is 19.1. The summed E-state index contributed by atoms with van der Waals surface area (Å²) in [6.07, 6.45) is 1.26. The number of hydrogen-bond donors (Lipinski definition) is 3. The number of aromatic nitrogens is 1. The van der Waals surface area contributed by atoms with E-state index in [-0.39, 0.29) is 5.69 Å². The third-order valence-corrected chi connectivity index (χ3v) is 2.79. The molecule has 1 heterocycles. The fourth-order valence-corrected chi connectivity index (χ4v) is 1.73. The lowest BCUT2D eigenvalue weighted by atomic mass is 9.96. The molecule has 0 bridgehead atoms. The molecule has 1 aromatic carbocycles. The van der Waals surface area contributed by atoms with E-state index in [0.717, 1.165) is 0 Å². The molecule has 0 aliphatic rings. The number of pyridine rings is 1. The second-order valence-corrected chi connectivity index (χ2v) is 4.39. The van der Waals surface area contributed by atoms with Gasteiger partial charge in [-0.25, -0.2) is 9.37 Å². The van der Waals surface area contributed by atoms with Gasteiger partial charge in [0.25, 0.3) is 5.91 Å². The molecule has 8 heteroatoms. The van der Waals surface area contributed by atoms with E-state index in [1.807, 2.05) is 5.32 Å². The summed E-state index contributed by atoms with van der Waals surface area (Å²) in [6, 6.07) is 6.85. The normalized spacial score (nSPS) is 11.7. The molecule has 0 saturated heterocycles. The zero-order valence-corrected chi connectivity index (χ0v) is 11.2. The van der Waals surface area contributed by atoms with Gasteiger partial charge < -0.3 is 15.5 Å². The first-order valence-electron chi connectivity index (χ1n) is 6.12. The average molecular weight is 300 g/mol. The number of aromatic hydroxyl groups is 1. The Kier molecular flexibility index (Phi) is 4.40. The first kappa shape index (κ1) is 15.5. The number of nitrogens with one attached hydrogen (secondary N) is 1. The van der Waals surface area contributed by atoms with Crippen molar-refractivity contribution >= 4 is 19.7 Å². The number of carboxylic acids is 1. The monoisotopic (exact) mass is 300 g/mol. The zero-order chi connectivity index (χ0) is 16.3. The number of rotatable bonds is 4. The third kappa shape index (κ3) is 3.40. The van der Waals surface area contributed by atoms with Crippen molar-refractivity contribution in [3.63, 3.8) is 0 Å². The Labute approximate surface area is 126 Å². The molecule has 110 valence electrons. The number of nitrogens with zero attached hydrogens (tertiary/aromatic N) is 1. The van der Waals surface area contributed by atoms with Crippen molar-refractivity contribution in [3.8, 4) is 16.9 Å². The third-order valence-electron chi connectivity index (χ3n) is 2.79. The van der Waals surface area contributed by atoms with Crippen LogP contribution in [0.1, 0.15) is 10.5 Å². The minimum absolute atomic E-state index is 0.378. The number of benzene rings is 1. The summed E-state index contributed by atoms with van der Waals surface area (Å²) in [7, 11) is 5.16. The highest BCUT2D eigenvalue weighted by Crippen LogP contribution is 2.25. The molecule has 1 amide bonds. The Morgan fingerprint density at radius 1 is 1.27 bits per heavy atom. The van der Waals surface area contributed by atoms with Gasteiger partial charge in [0.15, 0.2) is 5.69 Å². The molecule has 0 aliphatic heterocycles. The minimum atomic E-state index is -1.61. The number of carboxylic acid groups (broad SMARTS) is 1. The quantitative estimate of drug-likeness (QED) is 0.729. The predicted molar refractivity (Wildman–Crippen MR) is 75.9 cm³/mol. The maximum atomic E-state index is 13.2. The van der Waals surface area contributed by atoms with Gasteiger partial charge in [-0.1, -0.05) is 12.1 Å². The molecule has 6 nitrogen and oxygen atoms in total. The van der Waals surface area contributed by atoms with E-state index in [1.54, 1.807) is 6.07 Å². The highest BCUT2D eigenvalue weighted by Gasteiger charge is 2.19. The van der Waals surface area contributed by atoms with Crippen molar-refractivity contribution in [1.29, 1.82) is 0 Å². The summed E-state index contributed by atoms with van der Waals surface area (Å²) < 4.78 is 13.2. The molecular formula is C14H10BFN2O4. The van der Waals surface area contributed by atoms with Crippen LogP contribution in [0.2, 0.25) is 0 Å². The largest absolute Gasteiger partial charge is 0.505 e. The number of carbonyl (C=O) groups is 2. The summed E-state index contributed by atoms with van der Waals surface area (Å²) in [6.45, 7) is 0. The van der Waals surface area contributed by atoms with Crippen molar-refractivity contribution in [2.75, 3.05) is 0 Å². The van der Waals surface area contributed by atoms with E-state index in [4.69, 9.17) is 13.0 Å². The number of halogens is 1. The molecule has 0 spiro atoms. The van der Waals surface area contributed by atoms with Crippen LogP contribution in [0.3, 0.4) is 0 Å².